The second kappa shape index (κ2) is 7.46. The van der Waals surface area contributed by atoms with Gasteiger partial charge in [-0.15, -0.1) is 13.2 Å². The fourth-order valence-electron chi connectivity index (χ4n) is 2.04. The maximum atomic E-state index is 12.0. The molecule has 1 saturated heterocycles. The molecule has 1 unspecified atom stereocenters. The molecule has 0 radical (unpaired) electrons. The molecule has 1 aromatic carbocycles. The van der Waals surface area contributed by atoms with Crippen molar-refractivity contribution < 1.29 is 27.4 Å². The van der Waals surface area contributed by atoms with Crippen LogP contribution in [-0.4, -0.2) is 44.6 Å². The summed E-state index contributed by atoms with van der Waals surface area (Å²) in [7, 11) is 0. The van der Waals surface area contributed by atoms with Crippen LogP contribution in [-0.2, 0) is 16.0 Å². The first kappa shape index (κ1) is 16.6. The lowest BCUT2D eigenvalue weighted by atomic mass is 10.1. The molecule has 5 nitrogen and oxygen atoms in total. The second-order valence-corrected chi connectivity index (χ2v) is 4.81. The van der Waals surface area contributed by atoms with Gasteiger partial charge < -0.3 is 20.1 Å². The van der Waals surface area contributed by atoms with Gasteiger partial charge in [0, 0.05) is 13.1 Å². The Labute approximate surface area is 125 Å². The summed E-state index contributed by atoms with van der Waals surface area (Å²) >= 11 is 0. The van der Waals surface area contributed by atoms with Crippen LogP contribution in [0.2, 0.25) is 0 Å². The van der Waals surface area contributed by atoms with Crippen LogP contribution in [0.4, 0.5) is 13.2 Å². The van der Waals surface area contributed by atoms with Gasteiger partial charge in [-0.2, -0.15) is 0 Å². The minimum Gasteiger partial charge on any atom is -0.406 e. The summed E-state index contributed by atoms with van der Waals surface area (Å²) in [6.45, 7) is 1.97. The lowest BCUT2D eigenvalue weighted by Crippen LogP contribution is -2.51. The molecule has 8 heteroatoms. The fourth-order valence-corrected chi connectivity index (χ4v) is 2.04. The minimum absolute atomic E-state index is 0.142. The van der Waals surface area contributed by atoms with E-state index in [2.05, 4.69) is 15.4 Å². The number of benzene rings is 1. The third-order valence-electron chi connectivity index (χ3n) is 3.11. The number of carbonyl (C=O) groups excluding carboxylic acids is 1. The van der Waals surface area contributed by atoms with E-state index in [1.807, 2.05) is 0 Å². The highest BCUT2D eigenvalue weighted by atomic mass is 19.4. The van der Waals surface area contributed by atoms with Crippen molar-refractivity contribution in [1.29, 1.82) is 0 Å². The van der Waals surface area contributed by atoms with Crippen molar-refractivity contribution in [2.75, 3.05) is 26.3 Å². The Morgan fingerprint density at radius 1 is 1.36 bits per heavy atom. The molecule has 0 aromatic heterocycles. The van der Waals surface area contributed by atoms with Crippen molar-refractivity contribution in [1.82, 2.24) is 10.6 Å². The smallest absolute Gasteiger partial charge is 0.406 e. The third kappa shape index (κ3) is 5.53. The van der Waals surface area contributed by atoms with E-state index in [-0.39, 0.29) is 17.7 Å². The van der Waals surface area contributed by atoms with Crippen molar-refractivity contribution >= 4 is 5.91 Å². The number of ether oxygens (including phenoxy) is 2. The van der Waals surface area contributed by atoms with Gasteiger partial charge in [-0.05, 0) is 24.1 Å². The molecule has 0 bridgehead atoms. The van der Waals surface area contributed by atoms with Crippen LogP contribution in [0.15, 0.2) is 24.3 Å². The van der Waals surface area contributed by atoms with Crippen LogP contribution in [0.1, 0.15) is 5.56 Å². The molecule has 22 heavy (non-hydrogen) atoms. The molecule has 122 valence electrons. The molecular weight excluding hydrogens is 301 g/mol. The van der Waals surface area contributed by atoms with Crippen LogP contribution in [0, 0.1) is 0 Å². The first-order valence-corrected chi connectivity index (χ1v) is 6.87. The van der Waals surface area contributed by atoms with E-state index < -0.39 is 6.36 Å². The first-order chi connectivity index (χ1) is 10.4. The number of nitrogens with one attached hydrogen (secondary N) is 2. The molecule has 2 rings (SSSR count). The van der Waals surface area contributed by atoms with E-state index >= 15 is 0 Å². The number of rotatable bonds is 5. The number of hydrogen-bond donors (Lipinski definition) is 2. The third-order valence-corrected chi connectivity index (χ3v) is 3.11. The van der Waals surface area contributed by atoms with Crippen molar-refractivity contribution in [3.63, 3.8) is 0 Å². The van der Waals surface area contributed by atoms with Gasteiger partial charge >= 0.3 is 6.36 Å². The minimum atomic E-state index is -4.69. The predicted molar refractivity (Wildman–Crippen MR) is 72.4 cm³/mol. The van der Waals surface area contributed by atoms with Gasteiger partial charge in [0.25, 0.3) is 0 Å². The Morgan fingerprint density at radius 3 is 2.68 bits per heavy atom. The fraction of sp³-hybridized carbons (Fsp3) is 0.500. The number of amides is 1. The van der Waals surface area contributed by atoms with E-state index in [0.717, 1.165) is 5.56 Å². The summed E-state index contributed by atoms with van der Waals surface area (Å²) in [6.07, 6.45) is -4.17. The highest BCUT2D eigenvalue weighted by molar-refractivity contribution is 5.81. The van der Waals surface area contributed by atoms with E-state index in [0.29, 0.717) is 32.7 Å². The highest BCUT2D eigenvalue weighted by Gasteiger charge is 2.30. The molecule has 1 aromatic rings. The van der Waals surface area contributed by atoms with Crippen molar-refractivity contribution in [2.45, 2.75) is 18.8 Å². The standard InChI is InChI=1S/C14H17F3N2O3/c15-14(16,17)22-11-3-1-10(2-4-11)5-6-19-13(20)12-9-21-8-7-18-12/h1-4,12,18H,5-9H2,(H,19,20). The Morgan fingerprint density at radius 2 is 2.09 bits per heavy atom. The van der Waals surface area contributed by atoms with Gasteiger partial charge in [-0.3, -0.25) is 4.79 Å². The van der Waals surface area contributed by atoms with E-state index in [9.17, 15) is 18.0 Å². The lowest BCUT2D eigenvalue weighted by molar-refractivity contribution is -0.274. The van der Waals surface area contributed by atoms with Crippen LogP contribution in [0.5, 0.6) is 5.75 Å². The highest BCUT2D eigenvalue weighted by Crippen LogP contribution is 2.22. The molecule has 1 aliphatic heterocycles. The predicted octanol–water partition coefficient (Wildman–Crippen LogP) is 1.23. The number of hydrogen-bond acceptors (Lipinski definition) is 4. The van der Waals surface area contributed by atoms with Crippen LogP contribution >= 0.6 is 0 Å². The zero-order valence-corrected chi connectivity index (χ0v) is 11.8. The van der Waals surface area contributed by atoms with Gasteiger partial charge in [0.2, 0.25) is 5.91 Å². The molecule has 2 N–H and O–H groups in total. The molecule has 1 amide bonds. The Balaban J connectivity index is 1.73. The summed E-state index contributed by atoms with van der Waals surface area (Å²) in [5, 5.41) is 5.80. The average molecular weight is 318 g/mol. The topological polar surface area (TPSA) is 59.6 Å². The first-order valence-electron chi connectivity index (χ1n) is 6.87. The molecular formula is C14H17F3N2O3. The molecule has 1 fully saturated rings. The summed E-state index contributed by atoms with van der Waals surface area (Å²) < 4.78 is 45.1. The summed E-state index contributed by atoms with van der Waals surface area (Å²) in [5.41, 5.74) is 0.808. The number of halogens is 3. The summed E-state index contributed by atoms with van der Waals surface area (Å²) in [5.74, 6) is -0.402. The van der Waals surface area contributed by atoms with Crippen molar-refractivity contribution in [2.24, 2.45) is 0 Å². The monoisotopic (exact) mass is 318 g/mol. The molecule has 1 atom stereocenters. The maximum absolute atomic E-state index is 12.0. The van der Waals surface area contributed by atoms with E-state index in [4.69, 9.17) is 4.74 Å². The van der Waals surface area contributed by atoms with Crippen molar-refractivity contribution in [3.8, 4) is 5.75 Å². The lowest BCUT2D eigenvalue weighted by Gasteiger charge is -2.22. The Hall–Kier alpha value is -1.80. The maximum Gasteiger partial charge on any atom is 0.573 e. The van der Waals surface area contributed by atoms with E-state index in [1.54, 1.807) is 0 Å². The molecule has 0 aliphatic carbocycles. The van der Waals surface area contributed by atoms with Gasteiger partial charge in [-0.1, -0.05) is 12.1 Å². The van der Waals surface area contributed by atoms with Crippen LogP contribution in [0.25, 0.3) is 0 Å². The number of morpholine rings is 1. The average Bonchev–Trinajstić information content (AvgIpc) is 2.48. The Bertz CT molecular complexity index is 485. The normalized spacial score (nSPS) is 18.8. The quantitative estimate of drug-likeness (QED) is 0.857. The molecule has 0 saturated carbocycles. The van der Waals surface area contributed by atoms with Gasteiger partial charge in [0.05, 0.1) is 13.2 Å². The molecule has 0 spiro atoms. The molecule has 1 heterocycles. The van der Waals surface area contributed by atoms with E-state index in [1.165, 1.54) is 24.3 Å². The van der Waals surface area contributed by atoms with Gasteiger partial charge in [-0.25, -0.2) is 0 Å². The zero-order chi connectivity index (χ0) is 16.0. The van der Waals surface area contributed by atoms with Crippen LogP contribution in [0.3, 0.4) is 0 Å². The SMILES string of the molecule is O=C(NCCc1ccc(OC(F)(F)F)cc1)C1COCCN1. The number of carbonyl (C=O) groups is 1. The largest absolute Gasteiger partial charge is 0.573 e. The van der Waals surface area contributed by atoms with Crippen molar-refractivity contribution in [3.05, 3.63) is 29.8 Å². The van der Waals surface area contributed by atoms with Gasteiger partial charge in [0.1, 0.15) is 11.8 Å². The summed E-state index contributed by atoms with van der Waals surface area (Å²) in [6, 6.07) is 5.23. The second-order valence-electron chi connectivity index (χ2n) is 4.81. The number of alkyl halides is 3. The van der Waals surface area contributed by atoms with Gasteiger partial charge in [0.15, 0.2) is 0 Å². The zero-order valence-electron chi connectivity index (χ0n) is 11.8. The molecule has 1 aliphatic rings. The summed E-state index contributed by atoms with van der Waals surface area (Å²) in [4.78, 5) is 11.8. The van der Waals surface area contributed by atoms with Crippen LogP contribution < -0.4 is 15.4 Å². The Kier molecular flexibility index (Phi) is 5.62.